The molecule has 0 saturated carbocycles. The quantitative estimate of drug-likeness (QED) is 0.134. The number of hydrogen-bond acceptors (Lipinski definition) is 5. The van der Waals surface area contributed by atoms with Gasteiger partial charge in [-0.25, -0.2) is 0 Å². The fourth-order valence-corrected chi connectivity index (χ4v) is 8.24. The maximum atomic E-state index is 14.3. The number of anilines is 2. The lowest BCUT2D eigenvalue weighted by molar-refractivity contribution is 0.102. The number of rotatable bonds is 11. The van der Waals surface area contributed by atoms with Crippen LogP contribution in [-0.4, -0.2) is 37.1 Å². The summed E-state index contributed by atoms with van der Waals surface area (Å²) in [6, 6.07) is 37.1. The molecule has 1 heterocycles. The molecule has 0 bridgehead atoms. The van der Waals surface area contributed by atoms with Crippen molar-refractivity contribution in [1.82, 2.24) is 4.90 Å². The Bertz CT molecular complexity index is 1580. The smallest absolute Gasteiger partial charge is 0.255 e. The summed E-state index contributed by atoms with van der Waals surface area (Å²) in [6.45, 7) is 1.54. The van der Waals surface area contributed by atoms with Crippen LogP contribution in [0, 0.1) is 0 Å². The maximum absolute atomic E-state index is 14.3. The van der Waals surface area contributed by atoms with E-state index < -0.39 is 7.14 Å². The summed E-state index contributed by atoms with van der Waals surface area (Å²) in [4.78, 5) is 16.3. The Labute approximate surface area is 246 Å². The average Bonchev–Trinajstić information content (AvgIpc) is 3.56. The van der Waals surface area contributed by atoms with Crippen molar-refractivity contribution in [3.63, 3.8) is 0 Å². The van der Waals surface area contributed by atoms with Crippen LogP contribution in [-0.2, 0) is 11.0 Å². The molecule has 0 unspecified atom stereocenters. The van der Waals surface area contributed by atoms with Crippen molar-refractivity contribution in [1.29, 1.82) is 0 Å². The van der Waals surface area contributed by atoms with Crippen molar-refractivity contribution in [2.45, 2.75) is 6.42 Å². The van der Waals surface area contributed by atoms with Crippen LogP contribution in [0.5, 0.6) is 0 Å². The second-order valence-electron chi connectivity index (χ2n) is 10.1. The predicted octanol–water partition coefficient (Wildman–Crippen LogP) is 6.74. The molecule has 1 aromatic heterocycles. The first-order valence-corrected chi connectivity index (χ1v) is 16.4. The fraction of sp³-hybridized carbons (Fsp3) is 0.147. The van der Waals surface area contributed by atoms with E-state index in [1.54, 1.807) is 11.3 Å². The zero-order valence-electron chi connectivity index (χ0n) is 23.1. The van der Waals surface area contributed by atoms with Crippen LogP contribution in [0.15, 0.2) is 121 Å². The van der Waals surface area contributed by atoms with Gasteiger partial charge in [0.2, 0.25) is 0 Å². The van der Waals surface area contributed by atoms with Crippen molar-refractivity contribution in [3.05, 3.63) is 132 Å². The second kappa shape index (κ2) is 13.1. The molecule has 0 aliphatic rings. The van der Waals surface area contributed by atoms with Gasteiger partial charge in [-0.2, -0.15) is 0 Å². The number of amides is 1. The van der Waals surface area contributed by atoms with Crippen LogP contribution in [0.4, 0.5) is 11.4 Å². The fourth-order valence-electron chi connectivity index (χ4n) is 4.77. The van der Waals surface area contributed by atoms with Crippen molar-refractivity contribution >= 4 is 46.4 Å². The minimum atomic E-state index is -2.74. The number of nitrogens with one attached hydrogen (secondary N) is 1. The predicted molar refractivity (Wildman–Crippen MR) is 174 cm³/mol. The van der Waals surface area contributed by atoms with Gasteiger partial charge >= 0.3 is 0 Å². The van der Waals surface area contributed by atoms with E-state index in [1.165, 1.54) is 0 Å². The second-order valence-corrected chi connectivity index (χ2v) is 14.0. The van der Waals surface area contributed by atoms with E-state index >= 15 is 0 Å². The summed E-state index contributed by atoms with van der Waals surface area (Å²) in [5.41, 5.74) is 10.0. The molecule has 208 valence electrons. The van der Waals surface area contributed by atoms with Gasteiger partial charge in [0.15, 0.2) is 0 Å². The molecule has 0 fully saturated rings. The van der Waals surface area contributed by atoms with Crippen molar-refractivity contribution < 1.29 is 9.36 Å². The Morgan fingerprint density at radius 3 is 2.10 bits per heavy atom. The van der Waals surface area contributed by atoms with E-state index in [0.717, 1.165) is 39.6 Å². The molecular formula is C34H34N3O2PS. The molecule has 0 radical (unpaired) electrons. The Balaban J connectivity index is 1.17. The molecule has 4 aromatic carbocycles. The number of nitrogen functional groups attached to an aromatic ring is 1. The van der Waals surface area contributed by atoms with Gasteiger partial charge in [0, 0.05) is 40.3 Å². The lowest BCUT2D eigenvalue weighted by Crippen LogP contribution is -2.28. The molecule has 1 amide bonds. The monoisotopic (exact) mass is 579 g/mol. The number of benzene rings is 4. The minimum absolute atomic E-state index is 0.193. The molecule has 5 aromatic rings. The lowest BCUT2D eigenvalue weighted by Gasteiger charge is -2.23. The largest absolute Gasteiger partial charge is 0.397 e. The van der Waals surface area contributed by atoms with Gasteiger partial charge in [-0.3, -0.25) is 4.79 Å². The molecule has 0 atom stereocenters. The number of carbonyl (C=O) groups excluding carboxylic acids is 1. The Kier molecular flexibility index (Phi) is 9.15. The maximum Gasteiger partial charge on any atom is 0.255 e. The minimum Gasteiger partial charge on any atom is -0.397 e. The van der Waals surface area contributed by atoms with E-state index in [4.69, 9.17) is 5.73 Å². The summed E-state index contributed by atoms with van der Waals surface area (Å²) in [6.07, 6.45) is 1.41. The van der Waals surface area contributed by atoms with Gasteiger partial charge in [-0.1, -0.05) is 84.9 Å². The third kappa shape index (κ3) is 7.04. The van der Waals surface area contributed by atoms with Gasteiger partial charge in [0.1, 0.15) is 7.14 Å². The summed E-state index contributed by atoms with van der Waals surface area (Å²) >= 11 is 1.64. The summed E-state index contributed by atoms with van der Waals surface area (Å²) < 4.78 is 14.3. The zero-order valence-corrected chi connectivity index (χ0v) is 24.8. The molecule has 5 rings (SSSR count). The summed E-state index contributed by atoms with van der Waals surface area (Å²) in [7, 11) is -0.669. The molecule has 7 heteroatoms. The summed E-state index contributed by atoms with van der Waals surface area (Å²) in [5.74, 6) is -0.193. The highest BCUT2D eigenvalue weighted by atomic mass is 32.1. The number of likely N-dealkylation sites (N-methyl/N-ethyl adjacent to an activating group) is 1. The van der Waals surface area contributed by atoms with Gasteiger partial charge in [-0.15, -0.1) is 11.3 Å². The highest BCUT2D eigenvalue weighted by Gasteiger charge is 2.27. The molecule has 0 saturated heterocycles. The number of nitrogens with zero attached hydrogens (tertiary/aromatic N) is 1. The van der Waals surface area contributed by atoms with Crippen LogP contribution in [0.25, 0.3) is 10.4 Å². The third-order valence-corrected chi connectivity index (χ3v) is 11.3. The molecule has 41 heavy (non-hydrogen) atoms. The highest BCUT2D eigenvalue weighted by Crippen LogP contribution is 2.43. The van der Waals surface area contributed by atoms with Gasteiger partial charge in [-0.05, 0) is 60.3 Å². The topological polar surface area (TPSA) is 75.4 Å². The van der Waals surface area contributed by atoms with Crippen LogP contribution in [0.1, 0.15) is 15.9 Å². The first-order valence-electron chi connectivity index (χ1n) is 13.6. The number of thiophene rings is 1. The molecule has 0 spiro atoms. The lowest BCUT2D eigenvalue weighted by atomic mass is 10.1. The van der Waals surface area contributed by atoms with Crippen molar-refractivity contribution in [3.8, 4) is 10.4 Å². The third-order valence-electron chi connectivity index (χ3n) is 7.25. The normalized spacial score (nSPS) is 11.5. The highest BCUT2D eigenvalue weighted by molar-refractivity contribution is 7.78. The van der Waals surface area contributed by atoms with E-state index in [1.807, 2.05) is 121 Å². The van der Waals surface area contributed by atoms with Crippen molar-refractivity contribution in [2.24, 2.45) is 0 Å². The Morgan fingerprint density at radius 2 is 1.49 bits per heavy atom. The van der Waals surface area contributed by atoms with Gasteiger partial charge in [0.05, 0.1) is 11.4 Å². The van der Waals surface area contributed by atoms with Crippen LogP contribution >= 0.6 is 18.5 Å². The summed E-state index contributed by atoms with van der Waals surface area (Å²) in [5, 5.41) is 6.78. The number of nitrogens with two attached hydrogens (primary N) is 1. The van der Waals surface area contributed by atoms with E-state index in [9.17, 15) is 9.36 Å². The average molecular weight is 580 g/mol. The molecule has 0 aliphatic carbocycles. The Morgan fingerprint density at radius 1 is 0.829 bits per heavy atom. The first kappa shape index (κ1) is 28.6. The Hall–Kier alpha value is -3.96. The van der Waals surface area contributed by atoms with Crippen LogP contribution in [0.2, 0.25) is 0 Å². The van der Waals surface area contributed by atoms with Crippen LogP contribution < -0.4 is 21.7 Å². The van der Waals surface area contributed by atoms with Crippen molar-refractivity contribution in [2.75, 3.05) is 37.3 Å². The SMILES string of the molecule is CN(CCc1ccc(C(=O)Nc2cc(-c3cccs3)ccc2N)cc1)CCP(=O)(c1ccccc1)c1ccccc1. The number of carbonyl (C=O) groups is 1. The number of hydrogen-bond donors (Lipinski definition) is 2. The van der Waals surface area contributed by atoms with E-state index in [2.05, 4.69) is 17.3 Å². The molecular weight excluding hydrogens is 545 g/mol. The molecule has 0 aliphatic heterocycles. The molecule has 3 N–H and O–H groups in total. The van der Waals surface area contributed by atoms with E-state index in [-0.39, 0.29) is 5.91 Å². The van der Waals surface area contributed by atoms with Crippen LogP contribution in [0.3, 0.4) is 0 Å². The standard InChI is InChI=1S/C34H34N3O2PS/c1-37(22-23-40(39,29-9-4-2-5-10-29)30-11-6-3-7-12-30)21-20-26-14-16-27(17-15-26)34(38)36-32-25-28(18-19-31(32)35)33-13-8-24-41-33/h2-19,24-25H,20-23,35H2,1H3,(H,36,38). The zero-order chi connectivity index (χ0) is 28.7. The van der Waals surface area contributed by atoms with Gasteiger partial charge in [0.25, 0.3) is 5.91 Å². The van der Waals surface area contributed by atoms with Gasteiger partial charge < -0.3 is 20.5 Å². The molecule has 5 nitrogen and oxygen atoms in total. The van der Waals surface area contributed by atoms with E-state index in [0.29, 0.717) is 29.6 Å². The first-order chi connectivity index (χ1) is 19.9.